The quantitative estimate of drug-likeness (QED) is 0.480. The summed E-state index contributed by atoms with van der Waals surface area (Å²) < 4.78 is 5.57. The minimum absolute atomic E-state index is 0.175. The Hall–Kier alpha value is -2.91. The number of hydroxylamine groups is 1. The van der Waals surface area contributed by atoms with E-state index in [4.69, 9.17) is 4.74 Å². The number of nitrogens with one attached hydrogen (secondary N) is 2. The van der Waals surface area contributed by atoms with Crippen LogP contribution in [0.15, 0.2) is 36.4 Å². The van der Waals surface area contributed by atoms with Gasteiger partial charge in [-0.3, -0.25) is 14.8 Å². The van der Waals surface area contributed by atoms with Gasteiger partial charge in [-0.05, 0) is 36.8 Å². The number of amides is 3. The molecule has 3 heterocycles. The molecule has 3 atom stereocenters. The second-order valence-electron chi connectivity index (χ2n) is 8.53. The van der Waals surface area contributed by atoms with Crippen LogP contribution in [0.2, 0.25) is 0 Å². The van der Waals surface area contributed by atoms with Crippen molar-refractivity contribution in [1.82, 2.24) is 20.6 Å². The van der Waals surface area contributed by atoms with Gasteiger partial charge in [-0.1, -0.05) is 36.4 Å². The van der Waals surface area contributed by atoms with E-state index in [2.05, 4.69) is 17.4 Å². The standard InChI is InChI=1S/C23H30N4O5/c28-21(25-31)19-14-18(32-23(30)27-10-4-5-11-27)15-24-20(19)22(29)26-12-8-17(9-13-26)16-6-2-1-3-7-16/h1-3,6-8,18-20,24,31H,4-5,9-15H2,(H,25,28)/t18-,19-,20-/m0/s1. The molecule has 4 rings (SSSR count). The van der Waals surface area contributed by atoms with Crippen molar-refractivity contribution in [3.05, 3.63) is 42.0 Å². The number of carbonyl (C=O) groups excluding carboxylic acids is 3. The highest BCUT2D eigenvalue weighted by Gasteiger charge is 2.42. The van der Waals surface area contributed by atoms with Crippen LogP contribution in [0.3, 0.4) is 0 Å². The predicted octanol–water partition coefficient (Wildman–Crippen LogP) is 1.39. The van der Waals surface area contributed by atoms with Crippen LogP contribution in [-0.2, 0) is 14.3 Å². The van der Waals surface area contributed by atoms with Crippen molar-refractivity contribution < 1.29 is 24.3 Å². The number of rotatable bonds is 4. The zero-order valence-electron chi connectivity index (χ0n) is 18.0. The summed E-state index contributed by atoms with van der Waals surface area (Å²) in [7, 11) is 0. The maximum Gasteiger partial charge on any atom is 0.410 e. The largest absolute Gasteiger partial charge is 0.445 e. The van der Waals surface area contributed by atoms with Gasteiger partial charge in [0.05, 0.1) is 12.0 Å². The van der Waals surface area contributed by atoms with E-state index in [1.54, 1.807) is 15.3 Å². The van der Waals surface area contributed by atoms with Gasteiger partial charge in [0.1, 0.15) is 6.10 Å². The first kappa shape index (κ1) is 22.3. The second-order valence-corrected chi connectivity index (χ2v) is 8.53. The highest BCUT2D eigenvalue weighted by molar-refractivity contribution is 5.90. The van der Waals surface area contributed by atoms with Crippen molar-refractivity contribution in [2.45, 2.75) is 37.8 Å². The van der Waals surface area contributed by atoms with Crippen molar-refractivity contribution in [2.75, 3.05) is 32.7 Å². The van der Waals surface area contributed by atoms with E-state index in [-0.39, 0.29) is 18.9 Å². The second kappa shape index (κ2) is 10.1. The van der Waals surface area contributed by atoms with Gasteiger partial charge in [-0.25, -0.2) is 10.3 Å². The first-order valence-electron chi connectivity index (χ1n) is 11.2. The van der Waals surface area contributed by atoms with Crippen molar-refractivity contribution >= 4 is 23.5 Å². The summed E-state index contributed by atoms with van der Waals surface area (Å²) in [6, 6.07) is 9.28. The Labute approximate surface area is 187 Å². The zero-order chi connectivity index (χ0) is 22.5. The molecule has 2 fully saturated rings. The molecule has 0 saturated carbocycles. The Morgan fingerprint density at radius 3 is 2.47 bits per heavy atom. The lowest BCUT2D eigenvalue weighted by Crippen LogP contribution is -2.60. The molecule has 0 aliphatic carbocycles. The summed E-state index contributed by atoms with van der Waals surface area (Å²) in [6.07, 6.45) is 3.93. The molecule has 0 unspecified atom stereocenters. The smallest absolute Gasteiger partial charge is 0.410 e. The van der Waals surface area contributed by atoms with Gasteiger partial charge >= 0.3 is 6.09 Å². The van der Waals surface area contributed by atoms with E-state index in [9.17, 15) is 19.6 Å². The van der Waals surface area contributed by atoms with E-state index in [1.165, 1.54) is 5.57 Å². The lowest BCUT2D eigenvalue weighted by atomic mass is 9.87. The summed E-state index contributed by atoms with van der Waals surface area (Å²) in [5, 5.41) is 12.3. The fraction of sp³-hybridized carbons (Fsp3) is 0.522. The third kappa shape index (κ3) is 4.94. The molecule has 32 heavy (non-hydrogen) atoms. The average molecular weight is 443 g/mol. The molecule has 2 saturated heterocycles. The Morgan fingerprint density at radius 2 is 1.81 bits per heavy atom. The van der Waals surface area contributed by atoms with Crippen LogP contribution in [0.5, 0.6) is 0 Å². The van der Waals surface area contributed by atoms with Gasteiger partial charge < -0.3 is 19.9 Å². The first-order chi connectivity index (χ1) is 15.6. The summed E-state index contributed by atoms with van der Waals surface area (Å²) in [4.78, 5) is 41.3. The fourth-order valence-corrected chi connectivity index (χ4v) is 4.69. The van der Waals surface area contributed by atoms with Crippen LogP contribution in [0.4, 0.5) is 4.79 Å². The Bertz CT molecular complexity index is 868. The van der Waals surface area contributed by atoms with Crippen LogP contribution in [0.1, 0.15) is 31.2 Å². The molecule has 3 N–H and O–H groups in total. The van der Waals surface area contributed by atoms with Gasteiger partial charge in [-0.15, -0.1) is 0 Å². The van der Waals surface area contributed by atoms with Crippen LogP contribution in [-0.4, -0.2) is 77.8 Å². The van der Waals surface area contributed by atoms with Crippen LogP contribution in [0, 0.1) is 5.92 Å². The molecule has 9 heteroatoms. The summed E-state index contributed by atoms with van der Waals surface area (Å²) in [5.74, 6) is -1.68. The third-order valence-corrected chi connectivity index (χ3v) is 6.49. The molecule has 172 valence electrons. The normalized spacial score (nSPS) is 25.8. The molecule has 9 nitrogen and oxygen atoms in total. The van der Waals surface area contributed by atoms with E-state index in [0.29, 0.717) is 26.2 Å². The van der Waals surface area contributed by atoms with Crippen molar-refractivity contribution in [2.24, 2.45) is 5.92 Å². The molecule has 0 aromatic heterocycles. The average Bonchev–Trinajstić information content (AvgIpc) is 3.39. The van der Waals surface area contributed by atoms with Crippen molar-refractivity contribution in [3.8, 4) is 0 Å². The molecule has 3 amide bonds. The molecule has 3 aliphatic rings. The molecular weight excluding hydrogens is 412 g/mol. The Kier molecular flexibility index (Phi) is 7.06. The summed E-state index contributed by atoms with van der Waals surface area (Å²) in [5.41, 5.74) is 4.02. The van der Waals surface area contributed by atoms with Gasteiger partial charge in [-0.2, -0.15) is 0 Å². The maximum absolute atomic E-state index is 13.2. The van der Waals surface area contributed by atoms with Crippen LogP contribution < -0.4 is 10.8 Å². The number of ether oxygens (including phenoxy) is 1. The number of benzene rings is 1. The maximum atomic E-state index is 13.2. The van der Waals surface area contributed by atoms with E-state index < -0.39 is 30.1 Å². The minimum atomic E-state index is -0.836. The van der Waals surface area contributed by atoms with Gasteiger partial charge in [0.15, 0.2) is 0 Å². The predicted molar refractivity (Wildman–Crippen MR) is 117 cm³/mol. The number of hydrogen-bond donors (Lipinski definition) is 3. The van der Waals surface area contributed by atoms with Gasteiger partial charge in [0, 0.05) is 32.7 Å². The fourth-order valence-electron chi connectivity index (χ4n) is 4.69. The molecule has 3 aliphatic heterocycles. The Balaban J connectivity index is 1.38. The molecule has 0 spiro atoms. The third-order valence-electron chi connectivity index (χ3n) is 6.49. The lowest BCUT2D eigenvalue weighted by Gasteiger charge is -2.38. The number of nitrogens with zero attached hydrogens (tertiary/aromatic N) is 2. The van der Waals surface area contributed by atoms with E-state index in [1.807, 2.05) is 24.3 Å². The number of piperidine rings is 1. The number of likely N-dealkylation sites (tertiary alicyclic amines) is 1. The monoisotopic (exact) mass is 442 g/mol. The first-order valence-corrected chi connectivity index (χ1v) is 11.2. The minimum Gasteiger partial charge on any atom is -0.445 e. The molecule has 1 aromatic carbocycles. The van der Waals surface area contributed by atoms with Gasteiger partial charge in [0.2, 0.25) is 11.8 Å². The molecular formula is C23H30N4O5. The highest BCUT2D eigenvalue weighted by Crippen LogP contribution is 2.26. The van der Waals surface area contributed by atoms with E-state index >= 15 is 0 Å². The molecule has 0 radical (unpaired) electrons. The van der Waals surface area contributed by atoms with Crippen LogP contribution in [0.25, 0.3) is 5.57 Å². The number of carbonyl (C=O) groups is 3. The van der Waals surface area contributed by atoms with Gasteiger partial charge in [0.25, 0.3) is 0 Å². The molecule has 1 aromatic rings. The number of hydrogen-bond acceptors (Lipinski definition) is 6. The SMILES string of the molecule is O=C(NO)[C@H]1C[C@H](OC(=O)N2CCCC2)CN[C@@H]1C(=O)N1CC=C(c2ccccc2)CC1. The zero-order valence-corrected chi connectivity index (χ0v) is 18.0. The highest BCUT2D eigenvalue weighted by atomic mass is 16.6. The van der Waals surface area contributed by atoms with Crippen LogP contribution >= 0.6 is 0 Å². The lowest BCUT2D eigenvalue weighted by molar-refractivity contribution is -0.145. The van der Waals surface area contributed by atoms with E-state index in [0.717, 1.165) is 24.8 Å². The topological polar surface area (TPSA) is 111 Å². The Morgan fingerprint density at radius 1 is 1.06 bits per heavy atom. The van der Waals surface area contributed by atoms with Crippen molar-refractivity contribution in [3.63, 3.8) is 0 Å². The summed E-state index contributed by atoms with van der Waals surface area (Å²) in [6.45, 7) is 2.65. The molecule has 0 bridgehead atoms. The van der Waals surface area contributed by atoms with Crippen molar-refractivity contribution in [1.29, 1.82) is 0 Å². The summed E-state index contributed by atoms with van der Waals surface area (Å²) >= 11 is 0.